The third-order valence-electron chi connectivity index (χ3n) is 4.59. The second-order valence-corrected chi connectivity index (χ2v) is 6.36. The molecule has 128 valence electrons. The van der Waals surface area contributed by atoms with Crippen molar-refractivity contribution in [1.82, 2.24) is 9.88 Å². The number of nitrogens with one attached hydrogen (secondary N) is 1. The van der Waals surface area contributed by atoms with Crippen LogP contribution in [0.4, 0.5) is 0 Å². The number of benzene rings is 1. The second-order valence-electron chi connectivity index (χ2n) is 6.36. The van der Waals surface area contributed by atoms with Crippen molar-refractivity contribution >= 4 is 16.7 Å². The van der Waals surface area contributed by atoms with Gasteiger partial charge in [-0.05, 0) is 36.1 Å². The molecule has 1 aromatic carbocycles. The minimum absolute atomic E-state index is 0.0852. The number of amides is 1. The molecule has 5 heteroatoms. The number of carbonyl (C=O) groups excluding carboxylic acids is 1. The highest BCUT2D eigenvalue weighted by molar-refractivity contribution is 5.82. The first-order valence-electron chi connectivity index (χ1n) is 8.73. The zero-order chi connectivity index (χ0) is 16.9. The summed E-state index contributed by atoms with van der Waals surface area (Å²) < 4.78 is 6.06. The maximum Gasteiger partial charge on any atom is 0.255 e. The molecule has 1 N–H and O–H groups in total. The number of hydrogen-bond donors (Lipinski definition) is 1. The van der Waals surface area contributed by atoms with Crippen LogP contribution in [0, 0.1) is 0 Å². The Bertz CT molecular complexity index is 761. The van der Waals surface area contributed by atoms with E-state index >= 15 is 0 Å². The number of nitrogens with zero attached hydrogens (tertiary/aromatic N) is 1. The van der Waals surface area contributed by atoms with Crippen molar-refractivity contribution in [3.8, 4) is 5.75 Å². The summed E-state index contributed by atoms with van der Waals surface area (Å²) in [4.78, 5) is 28.4. The Labute approximate surface area is 141 Å². The number of carbonyl (C=O) groups is 1. The lowest BCUT2D eigenvalue weighted by atomic mass is 10.1. The fourth-order valence-electron chi connectivity index (χ4n) is 3.15. The molecule has 0 radical (unpaired) electrons. The summed E-state index contributed by atoms with van der Waals surface area (Å²) in [6.07, 6.45) is 6.15. The molecule has 1 fully saturated rings. The number of ether oxygens (including phenoxy) is 1. The van der Waals surface area contributed by atoms with Crippen molar-refractivity contribution in [2.75, 3.05) is 13.1 Å². The Hall–Kier alpha value is -2.30. The molecule has 0 saturated carbocycles. The number of likely N-dealkylation sites (tertiary alicyclic amines) is 1. The van der Waals surface area contributed by atoms with Crippen molar-refractivity contribution in [3.63, 3.8) is 0 Å². The van der Waals surface area contributed by atoms with Crippen molar-refractivity contribution in [2.45, 2.75) is 45.1 Å². The van der Waals surface area contributed by atoms with E-state index in [1.807, 2.05) is 23.1 Å². The molecule has 1 amide bonds. The molecule has 0 atom stereocenters. The number of piperidine rings is 1. The lowest BCUT2D eigenvalue weighted by Crippen LogP contribution is -2.41. The van der Waals surface area contributed by atoms with E-state index in [9.17, 15) is 9.59 Å². The smallest absolute Gasteiger partial charge is 0.255 e. The van der Waals surface area contributed by atoms with E-state index < -0.39 is 0 Å². The van der Waals surface area contributed by atoms with Gasteiger partial charge in [0.2, 0.25) is 5.91 Å². The van der Waals surface area contributed by atoms with Gasteiger partial charge in [0.05, 0.1) is 0 Å². The molecule has 0 spiro atoms. The molecule has 0 aliphatic carbocycles. The van der Waals surface area contributed by atoms with Gasteiger partial charge in [-0.15, -0.1) is 0 Å². The Morgan fingerprint density at radius 2 is 2.08 bits per heavy atom. The standard InChI is InChI=1S/C19H24N2O3/c1-2-3-4-18(22)21-11-8-15(9-12-21)24-16-5-6-17-14(13-16)7-10-20-19(17)23/h5-7,10,13,15H,2-4,8-9,11-12H2,1H3,(H,20,23). The van der Waals surface area contributed by atoms with Gasteiger partial charge in [0.15, 0.2) is 0 Å². The first kappa shape index (κ1) is 16.6. The SMILES string of the molecule is CCCCC(=O)N1CCC(Oc2ccc3c(=O)[nH]ccc3c2)CC1. The summed E-state index contributed by atoms with van der Waals surface area (Å²) in [7, 11) is 0. The van der Waals surface area contributed by atoms with E-state index in [-0.39, 0.29) is 17.6 Å². The van der Waals surface area contributed by atoms with Gasteiger partial charge in [0.25, 0.3) is 5.56 Å². The maximum atomic E-state index is 12.1. The predicted molar refractivity (Wildman–Crippen MR) is 94.3 cm³/mol. The largest absolute Gasteiger partial charge is 0.490 e. The number of hydrogen-bond acceptors (Lipinski definition) is 3. The molecule has 5 nitrogen and oxygen atoms in total. The van der Waals surface area contributed by atoms with Gasteiger partial charge in [-0.1, -0.05) is 13.3 Å². The van der Waals surface area contributed by atoms with Crippen LogP contribution in [0.3, 0.4) is 0 Å². The number of fused-ring (bicyclic) bond motifs is 1. The molecule has 0 bridgehead atoms. The van der Waals surface area contributed by atoms with Gasteiger partial charge in [0, 0.05) is 43.9 Å². The van der Waals surface area contributed by atoms with Gasteiger partial charge < -0.3 is 14.6 Å². The van der Waals surface area contributed by atoms with Crippen LogP contribution in [0.1, 0.15) is 39.0 Å². The monoisotopic (exact) mass is 328 g/mol. The minimum Gasteiger partial charge on any atom is -0.490 e. The predicted octanol–water partition coefficient (Wildman–Crippen LogP) is 3.09. The number of aromatic amines is 1. The number of H-pyrrole nitrogens is 1. The first-order chi connectivity index (χ1) is 11.7. The second kappa shape index (κ2) is 7.51. The van der Waals surface area contributed by atoms with Crippen LogP contribution >= 0.6 is 0 Å². The molecular formula is C19H24N2O3. The zero-order valence-electron chi connectivity index (χ0n) is 14.1. The number of pyridine rings is 1. The molecule has 3 rings (SSSR count). The van der Waals surface area contributed by atoms with Crippen molar-refractivity contribution in [3.05, 3.63) is 40.8 Å². The van der Waals surface area contributed by atoms with Gasteiger partial charge in [-0.2, -0.15) is 0 Å². The summed E-state index contributed by atoms with van der Waals surface area (Å²) in [6, 6.07) is 7.42. The number of rotatable bonds is 5. The van der Waals surface area contributed by atoms with Crippen LogP contribution in [0.25, 0.3) is 10.8 Å². The van der Waals surface area contributed by atoms with Crippen molar-refractivity contribution in [2.24, 2.45) is 0 Å². The number of aromatic nitrogens is 1. The average Bonchev–Trinajstić information content (AvgIpc) is 2.60. The minimum atomic E-state index is -0.0852. The summed E-state index contributed by atoms with van der Waals surface area (Å²) in [5.74, 6) is 1.05. The molecule has 1 aliphatic rings. The van der Waals surface area contributed by atoms with Crippen LogP contribution in [-0.4, -0.2) is 35.0 Å². The highest BCUT2D eigenvalue weighted by Gasteiger charge is 2.23. The van der Waals surface area contributed by atoms with Gasteiger partial charge in [-0.25, -0.2) is 0 Å². The quantitative estimate of drug-likeness (QED) is 0.917. The van der Waals surface area contributed by atoms with E-state index in [0.717, 1.165) is 49.9 Å². The maximum absolute atomic E-state index is 12.1. The Kier molecular flexibility index (Phi) is 5.18. The van der Waals surface area contributed by atoms with Gasteiger partial charge in [-0.3, -0.25) is 9.59 Å². The Balaban J connectivity index is 1.58. The zero-order valence-corrected chi connectivity index (χ0v) is 14.1. The molecule has 2 aromatic rings. The molecule has 1 saturated heterocycles. The third-order valence-corrected chi connectivity index (χ3v) is 4.59. The van der Waals surface area contributed by atoms with E-state index in [2.05, 4.69) is 11.9 Å². The molecule has 24 heavy (non-hydrogen) atoms. The average molecular weight is 328 g/mol. The van der Waals surface area contributed by atoms with Gasteiger partial charge in [0.1, 0.15) is 11.9 Å². The summed E-state index contributed by atoms with van der Waals surface area (Å²) in [5.41, 5.74) is -0.0852. The van der Waals surface area contributed by atoms with Crippen LogP contribution < -0.4 is 10.3 Å². The van der Waals surface area contributed by atoms with Crippen LogP contribution in [0.5, 0.6) is 5.75 Å². The highest BCUT2D eigenvalue weighted by Crippen LogP contribution is 2.22. The first-order valence-corrected chi connectivity index (χ1v) is 8.73. The molecule has 0 unspecified atom stereocenters. The fourth-order valence-corrected chi connectivity index (χ4v) is 3.15. The summed E-state index contributed by atoms with van der Waals surface area (Å²) >= 11 is 0. The van der Waals surface area contributed by atoms with E-state index in [4.69, 9.17) is 4.74 Å². The van der Waals surface area contributed by atoms with Gasteiger partial charge >= 0.3 is 0 Å². The molecular weight excluding hydrogens is 304 g/mol. The van der Waals surface area contributed by atoms with Crippen molar-refractivity contribution in [1.29, 1.82) is 0 Å². The van der Waals surface area contributed by atoms with Crippen molar-refractivity contribution < 1.29 is 9.53 Å². The lowest BCUT2D eigenvalue weighted by molar-refractivity contribution is -0.133. The van der Waals surface area contributed by atoms with E-state index in [1.165, 1.54) is 0 Å². The third kappa shape index (κ3) is 3.78. The Morgan fingerprint density at radius 3 is 2.83 bits per heavy atom. The van der Waals surface area contributed by atoms with Crippen LogP contribution in [-0.2, 0) is 4.79 Å². The Morgan fingerprint density at radius 1 is 1.29 bits per heavy atom. The van der Waals surface area contributed by atoms with E-state index in [0.29, 0.717) is 11.8 Å². The van der Waals surface area contributed by atoms with Crippen LogP contribution in [0.15, 0.2) is 35.3 Å². The van der Waals surface area contributed by atoms with Crippen LogP contribution in [0.2, 0.25) is 0 Å². The number of unbranched alkanes of at least 4 members (excludes halogenated alkanes) is 1. The van der Waals surface area contributed by atoms with E-state index in [1.54, 1.807) is 12.3 Å². The summed E-state index contributed by atoms with van der Waals surface area (Å²) in [6.45, 7) is 3.63. The molecule has 2 heterocycles. The lowest BCUT2D eigenvalue weighted by Gasteiger charge is -2.32. The molecule has 1 aromatic heterocycles. The highest BCUT2D eigenvalue weighted by atomic mass is 16.5. The fraction of sp³-hybridized carbons (Fsp3) is 0.474. The molecule has 1 aliphatic heterocycles. The summed E-state index contributed by atoms with van der Waals surface area (Å²) in [5, 5.41) is 1.55. The topological polar surface area (TPSA) is 62.4 Å². The normalized spacial score (nSPS) is 15.6.